The molecule has 1 aromatic carbocycles. The van der Waals surface area contributed by atoms with Gasteiger partial charge in [0, 0.05) is 62.0 Å². The van der Waals surface area contributed by atoms with E-state index >= 15 is 8.78 Å². The van der Waals surface area contributed by atoms with Crippen LogP contribution in [0.15, 0.2) is 18.3 Å². The fourth-order valence-corrected chi connectivity index (χ4v) is 5.19. The highest BCUT2D eigenvalue weighted by atomic mass is 19.1. The van der Waals surface area contributed by atoms with Gasteiger partial charge in [-0.15, -0.1) is 0 Å². The third-order valence-electron chi connectivity index (χ3n) is 7.19. The van der Waals surface area contributed by atoms with Crippen LogP contribution in [0, 0.1) is 11.6 Å². The maximum absolute atomic E-state index is 15.3. The number of hydrogen-bond acceptors (Lipinski definition) is 7. The van der Waals surface area contributed by atoms with Gasteiger partial charge in [0.05, 0.1) is 52.8 Å². The van der Waals surface area contributed by atoms with Crippen molar-refractivity contribution in [2.45, 2.75) is 13.0 Å². The molecule has 0 bridgehead atoms. The zero-order valence-electron chi connectivity index (χ0n) is 21.7. The van der Waals surface area contributed by atoms with Gasteiger partial charge in [-0.05, 0) is 6.07 Å². The number of aryl methyl sites for hydroxylation is 1. The second kappa shape index (κ2) is 10.7. The Labute approximate surface area is 218 Å². The molecule has 2 amide bonds. The first kappa shape index (κ1) is 26.1. The second-order valence-corrected chi connectivity index (χ2v) is 9.27. The predicted octanol–water partition coefficient (Wildman–Crippen LogP) is 2.68. The summed E-state index contributed by atoms with van der Waals surface area (Å²) in [4.78, 5) is 23.0. The Kier molecular flexibility index (Phi) is 7.37. The van der Waals surface area contributed by atoms with Gasteiger partial charge in [0.15, 0.2) is 23.1 Å². The average Bonchev–Trinajstić information content (AvgIpc) is 3.25. The number of benzene rings is 1. The molecule has 1 saturated heterocycles. The van der Waals surface area contributed by atoms with E-state index < -0.39 is 23.4 Å². The maximum atomic E-state index is 15.3. The number of amides is 2. The molecule has 38 heavy (non-hydrogen) atoms. The van der Waals surface area contributed by atoms with Crippen LogP contribution in [0.3, 0.4) is 0 Å². The molecule has 0 saturated carbocycles. The van der Waals surface area contributed by atoms with Crippen LogP contribution in [-0.4, -0.2) is 85.8 Å². The normalized spacial score (nSPS) is 16.3. The van der Waals surface area contributed by atoms with Crippen LogP contribution in [0.4, 0.5) is 25.0 Å². The van der Waals surface area contributed by atoms with E-state index in [0.29, 0.717) is 16.9 Å². The number of fused-ring (bicyclic) bond motifs is 3. The summed E-state index contributed by atoms with van der Waals surface area (Å²) in [6.45, 7) is 3.54. The third-order valence-corrected chi connectivity index (χ3v) is 7.19. The van der Waals surface area contributed by atoms with Crippen molar-refractivity contribution < 1.29 is 32.9 Å². The number of methoxy groups -OCH3 is 2. The number of β-amino-alcohol motifs (C(OH)–C–C–N with tert-alkyl or cyclic N) is 1. The number of ether oxygens (including phenoxy) is 3. The summed E-state index contributed by atoms with van der Waals surface area (Å²) in [6.07, 6.45) is 2.39. The number of aromatic nitrogens is 2. The lowest BCUT2D eigenvalue weighted by Crippen LogP contribution is -2.49. The Morgan fingerprint density at radius 1 is 1.05 bits per heavy atom. The summed E-state index contributed by atoms with van der Waals surface area (Å²) >= 11 is 0. The van der Waals surface area contributed by atoms with E-state index in [9.17, 15) is 9.90 Å². The van der Waals surface area contributed by atoms with Gasteiger partial charge in [-0.25, -0.2) is 18.6 Å². The van der Waals surface area contributed by atoms with E-state index in [2.05, 4.69) is 9.88 Å². The molecule has 3 aromatic rings. The SMILES string of the molecule is COc1cc(OC)c(F)c(N2Cc3cnc4c(cc(CCN5CCOCC5)n4C)c3N(CCO)C2=O)c1F. The van der Waals surface area contributed by atoms with Gasteiger partial charge in [-0.3, -0.25) is 14.7 Å². The van der Waals surface area contributed by atoms with Crippen LogP contribution in [0.5, 0.6) is 11.5 Å². The van der Waals surface area contributed by atoms with Crippen molar-refractivity contribution in [3.63, 3.8) is 0 Å². The van der Waals surface area contributed by atoms with Crippen LogP contribution in [0.25, 0.3) is 11.0 Å². The number of hydrogen-bond donors (Lipinski definition) is 1. The van der Waals surface area contributed by atoms with E-state index in [-0.39, 0.29) is 31.2 Å². The average molecular weight is 532 g/mol. The fraction of sp³-hybridized carbons (Fsp3) is 0.462. The quantitative estimate of drug-likeness (QED) is 0.478. The molecule has 1 fully saturated rings. The zero-order chi connectivity index (χ0) is 27.0. The smallest absolute Gasteiger partial charge is 0.329 e. The van der Waals surface area contributed by atoms with E-state index in [4.69, 9.17) is 14.2 Å². The number of nitrogens with zero attached hydrogens (tertiary/aromatic N) is 5. The molecule has 5 rings (SSSR count). The van der Waals surface area contributed by atoms with Crippen molar-refractivity contribution in [1.82, 2.24) is 14.5 Å². The predicted molar refractivity (Wildman–Crippen MR) is 137 cm³/mol. The molecule has 0 spiro atoms. The first-order valence-corrected chi connectivity index (χ1v) is 12.5. The molecule has 10 nitrogen and oxygen atoms in total. The molecule has 0 aliphatic carbocycles. The molecule has 0 atom stereocenters. The Bertz CT molecular complexity index is 1330. The molecule has 1 N–H and O–H groups in total. The molecule has 0 unspecified atom stereocenters. The number of pyridine rings is 1. The van der Waals surface area contributed by atoms with Crippen molar-refractivity contribution >= 4 is 28.4 Å². The van der Waals surface area contributed by atoms with Crippen LogP contribution >= 0.6 is 0 Å². The number of halogens is 2. The topological polar surface area (TPSA) is 92.5 Å². The number of morpholine rings is 1. The van der Waals surface area contributed by atoms with Gasteiger partial charge >= 0.3 is 6.03 Å². The van der Waals surface area contributed by atoms with Crippen LogP contribution in [0.2, 0.25) is 0 Å². The highest BCUT2D eigenvalue weighted by molar-refractivity contribution is 6.11. The third kappa shape index (κ3) is 4.42. The Hall–Kier alpha value is -3.48. The van der Waals surface area contributed by atoms with Crippen LogP contribution in [0.1, 0.15) is 11.3 Å². The first-order chi connectivity index (χ1) is 18.4. The minimum Gasteiger partial charge on any atom is -0.493 e. The molecule has 0 radical (unpaired) electrons. The van der Waals surface area contributed by atoms with Crippen molar-refractivity contribution in [1.29, 1.82) is 0 Å². The monoisotopic (exact) mass is 531 g/mol. The maximum Gasteiger partial charge on any atom is 0.329 e. The molecular weight excluding hydrogens is 500 g/mol. The van der Waals surface area contributed by atoms with Crippen molar-refractivity contribution in [3.8, 4) is 11.5 Å². The van der Waals surface area contributed by atoms with Crippen molar-refractivity contribution in [2.24, 2.45) is 7.05 Å². The lowest BCUT2D eigenvalue weighted by atomic mass is 10.1. The molecule has 2 aromatic heterocycles. The number of urea groups is 1. The largest absolute Gasteiger partial charge is 0.493 e. The van der Waals surface area contributed by atoms with Gasteiger partial charge in [-0.1, -0.05) is 0 Å². The molecule has 12 heteroatoms. The number of aliphatic hydroxyl groups excluding tert-OH is 1. The van der Waals surface area contributed by atoms with E-state index in [1.54, 1.807) is 6.20 Å². The Morgan fingerprint density at radius 2 is 1.74 bits per heavy atom. The summed E-state index contributed by atoms with van der Waals surface area (Å²) in [5, 5.41) is 10.6. The van der Waals surface area contributed by atoms with E-state index in [0.717, 1.165) is 61.3 Å². The number of anilines is 2. The highest BCUT2D eigenvalue weighted by Gasteiger charge is 2.37. The first-order valence-electron chi connectivity index (χ1n) is 12.5. The Balaban J connectivity index is 1.57. The van der Waals surface area contributed by atoms with Gasteiger partial charge in [0.2, 0.25) is 0 Å². The Morgan fingerprint density at radius 3 is 2.37 bits per heavy atom. The fourth-order valence-electron chi connectivity index (χ4n) is 5.19. The zero-order valence-corrected chi connectivity index (χ0v) is 21.7. The number of carbonyl (C=O) groups excluding carboxylic acids is 1. The number of aliphatic hydroxyl groups is 1. The van der Waals surface area contributed by atoms with E-state index in [1.165, 1.54) is 19.1 Å². The van der Waals surface area contributed by atoms with E-state index in [1.807, 2.05) is 17.7 Å². The summed E-state index contributed by atoms with van der Waals surface area (Å²) in [5.74, 6) is -2.56. The summed E-state index contributed by atoms with van der Waals surface area (Å²) in [5.41, 5.74) is 2.32. The van der Waals surface area contributed by atoms with Crippen molar-refractivity contribution in [3.05, 3.63) is 41.2 Å². The lowest BCUT2D eigenvalue weighted by Gasteiger charge is -2.37. The standard InChI is InChI=1S/C26H31F2N5O5/c1-30-17(4-5-31-7-10-38-11-8-31)12-18-23-16(14-29-25(18)30)15-33(26(35)32(23)6-9-34)24-21(27)19(36-2)13-20(37-3)22(24)28/h12-14,34H,4-11,15H2,1-3H3. The minimum absolute atomic E-state index is 0.0657. The minimum atomic E-state index is -1.02. The van der Waals surface area contributed by atoms with Gasteiger partial charge in [0.25, 0.3) is 0 Å². The van der Waals surface area contributed by atoms with Crippen LogP contribution in [-0.2, 0) is 24.8 Å². The summed E-state index contributed by atoms with van der Waals surface area (Å²) < 4.78 is 48.2. The number of rotatable bonds is 8. The molecule has 4 heterocycles. The summed E-state index contributed by atoms with van der Waals surface area (Å²) in [7, 11) is 4.42. The molecule has 2 aliphatic heterocycles. The molecule has 204 valence electrons. The van der Waals surface area contributed by atoms with Crippen molar-refractivity contribution in [2.75, 3.05) is 70.0 Å². The second-order valence-electron chi connectivity index (χ2n) is 9.27. The molecular formula is C26H31F2N5O5. The highest BCUT2D eigenvalue weighted by Crippen LogP contribution is 2.42. The summed E-state index contributed by atoms with van der Waals surface area (Å²) in [6, 6.07) is 2.42. The number of carbonyl (C=O) groups is 1. The van der Waals surface area contributed by atoms with Gasteiger partial charge < -0.3 is 23.9 Å². The van der Waals surface area contributed by atoms with Gasteiger partial charge in [-0.2, -0.15) is 0 Å². The van der Waals surface area contributed by atoms with Gasteiger partial charge in [0.1, 0.15) is 11.3 Å². The molecule has 2 aliphatic rings. The lowest BCUT2D eigenvalue weighted by molar-refractivity contribution is 0.0383. The van der Waals surface area contributed by atoms with Crippen LogP contribution < -0.4 is 19.3 Å².